The molecule has 6 unspecified atom stereocenters. The maximum atomic E-state index is 12.0. The van der Waals surface area contributed by atoms with Crippen LogP contribution in [0.5, 0.6) is 0 Å². The molecule has 5 heteroatoms. The number of aryl methyl sites for hydroxylation is 1. The third-order valence-electron chi connectivity index (χ3n) is 8.73. The second-order valence-electron chi connectivity index (χ2n) is 9.98. The minimum Gasteiger partial charge on any atom is -0.393 e. The molecule has 3 saturated carbocycles. The minimum absolute atomic E-state index is 0.0155. The number of hydrogen-bond acceptors (Lipinski definition) is 5. The molecule has 4 aliphatic carbocycles. The Bertz CT molecular complexity index is 814. The molecule has 3 fully saturated rings. The summed E-state index contributed by atoms with van der Waals surface area (Å²) in [5, 5.41) is 15.4. The highest BCUT2D eigenvalue weighted by molar-refractivity contribution is 5.91. The molecule has 0 aromatic carbocycles. The molecular formula is C22H30N2O3. The number of nitrogens with zero attached hydrogens (tertiary/aromatic N) is 2. The summed E-state index contributed by atoms with van der Waals surface area (Å²) in [6.07, 6.45) is 8.22. The van der Waals surface area contributed by atoms with Crippen LogP contribution in [-0.2, 0) is 4.79 Å². The lowest BCUT2D eigenvalue weighted by molar-refractivity contribution is -0.130. The van der Waals surface area contributed by atoms with Crippen molar-refractivity contribution in [1.29, 1.82) is 0 Å². The molecule has 0 saturated heterocycles. The molecule has 0 radical (unpaired) electrons. The number of allylic oxidation sites excluding steroid dienone is 1. The number of ketones is 1. The van der Waals surface area contributed by atoms with Gasteiger partial charge in [0, 0.05) is 12.3 Å². The number of carbonyl (C=O) groups is 1. The Hall–Kier alpha value is -1.49. The summed E-state index contributed by atoms with van der Waals surface area (Å²) in [5.41, 5.74) is 1.29. The van der Waals surface area contributed by atoms with Gasteiger partial charge in [-0.25, -0.2) is 0 Å². The monoisotopic (exact) mass is 370 g/mol. The largest absolute Gasteiger partial charge is 0.393 e. The minimum atomic E-state index is -0.331. The molecule has 1 aromatic rings. The van der Waals surface area contributed by atoms with Gasteiger partial charge < -0.3 is 9.63 Å². The highest BCUT2D eigenvalue weighted by atomic mass is 16.5. The lowest BCUT2D eigenvalue weighted by Crippen LogP contribution is -2.56. The van der Waals surface area contributed by atoms with E-state index in [1.165, 1.54) is 12.0 Å². The maximum absolute atomic E-state index is 12.0. The molecule has 27 heavy (non-hydrogen) atoms. The number of fused-ring (bicyclic) bond motifs is 5. The van der Waals surface area contributed by atoms with E-state index in [4.69, 9.17) is 4.52 Å². The van der Waals surface area contributed by atoms with Crippen LogP contribution in [-0.4, -0.2) is 27.1 Å². The highest BCUT2D eigenvalue weighted by Gasteiger charge is 2.62. The average molecular weight is 370 g/mol. The second-order valence-corrected chi connectivity index (χ2v) is 9.98. The van der Waals surface area contributed by atoms with Crippen molar-refractivity contribution in [2.75, 3.05) is 0 Å². The van der Waals surface area contributed by atoms with Crippen LogP contribution in [0.3, 0.4) is 0 Å². The highest BCUT2D eigenvalue weighted by Crippen LogP contribution is 2.68. The van der Waals surface area contributed by atoms with Crippen molar-refractivity contribution in [2.45, 2.75) is 77.7 Å². The van der Waals surface area contributed by atoms with Crippen LogP contribution in [0, 0.1) is 35.5 Å². The number of rotatable bonds is 1. The molecule has 1 N–H and O–H groups in total. The van der Waals surface area contributed by atoms with Gasteiger partial charge in [-0.1, -0.05) is 24.6 Å². The number of aliphatic hydroxyl groups is 1. The zero-order valence-electron chi connectivity index (χ0n) is 16.6. The van der Waals surface area contributed by atoms with E-state index in [0.717, 1.165) is 38.0 Å². The van der Waals surface area contributed by atoms with Crippen molar-refractivity contribution in [3.63, 3.8) is 0 Å². The molecule has 1 heterocycles. The fourth-order valence-corrected chi connectivity index (χ4v) is 7.55. The van der Waals surface area contributed by atoms with Gasteiger partial charge in [-0.05, 0) is 80.1 Å². The first-order valence-corrected chi connectivity index (χ1v) is 10.5. The molecule has 5 rings (SSSR count). The zero-order valence-corrected chi connectivity index (χ0v) is 16.6. The first-order chi connectivity index (χ1) is 12.8. The third-order valence-corrected chi connectivity index (χ3v) is 8.73. The first-order valence-electron chi connectivity index (χ1n) is 10.5. The zero-order chi connectivity index (χ0) is 19.0. The van der Waals surface area contributed by atoms with E-state index < -0.39 is 0 Å². The van der Waals surface area contributed by atoms with Crippen LogP contribution in [0.25, 0.3) is 0 Å². The van der Waals surface area contributed by atoms with Crippen LogP contribution in [0.4, 0.5) is 0 Å². The Morgan fingerprint density at radius 2 is 2.04 bits per heavy atom. The van der Waals surface area contributed by atoms with Gasteiger partial charge in [0.15, 0.2) is 11.6 Å². The van der Waals surface area contributed by atoms with Crippen molar-refractivity contribution in [3.05, 3.63) is 23.4 Å². The lowest BCUT2D eigenvalue weighted by atomic mass is 9.46. The average Bonchev–Trinajstić information content (AvgIpc) is 3.17. The molecule has 1 aromatic heterocycles. The van der Waals surface area contributed by atoms with E-state index in [1.807, 2.05) is 13.0 Å². The standard InChI is InChI=1S/C22H30N2O3/c1-12-23-20(27-24-12)17-7-6-16-15-5-4-13-10-14(25)8-9-21(13,2)19(15)18(26)11-22(16,17)3/h10,15-19,26H,4-9,11H2,1-3H3/t15?,16?,17?,18?,19?,21-,22?/m0/s1. The summed E-state index contributed by atoms with van der Waals surface area (Å²) in [4.78, 5) is 16.5. The van der Waals surface area contributed by atoms with Crippen LogP contribution < -0.4 is 0 Å². The van der Waals surface area contributed by atoms with Gasteiger partial charge in [-0.2, -0.15) is 4.98 Å². The predicted molar refractivity (Wildman–Crippen MR) is 99.9 cm³/mol. The molecule has 7 atom stereocenters. The van der Waals surface area contributed by atoms with Crippen molar-refractivity contribution < 1.29 is 14.4 Å². The Kier molecular flexibility index (Phi) is 3.75. The van der Waals surface area contributed by atoms with Crippen LogP contribution in [0.15, 0.2) is 16.2 Å². The molecule has 0 bridgehead atoms. The Morgan fingerprint density at radius 1 is 1.22 bits per heavy atom. The Morgan fingerprint density at radius 3 is 2.78 bits per heavy atom. The van der Waals surface area contributed by atoms with Crippen molar-refractivity contribution in [1.82, 2.24) is 10.1 Å². The summed E-state index contributed by atoms with van der Waals surface area (Å²) < 4.78 is 5.56. The smallest absolute Gasteiger partial charge is 0.230 e. The molecule has 0 spiro atoms. The topological polar surface area (TPSA) is 76.2 Å². The number of carbonyl (C=O) groups excluding carboxylic acids is 1. The second kappa shape index (κ2) is 5.76. The first kappa shape index (κ1) is 17.6. The van der Waals surface area contributed by atoms with Gasteiger partial charge in [-0.15, -0.1) is 0 Å². The molecule has 4 aliphatic rings. The van der Waals surface area contributed by atoms with E-state index in [1.54, 1.807) is 0 Å². The van der Waals surface area contributed by atoms with Crippen molar-refractivity contribution in [3.8, 4) is 0 Å². The molecule has 146 valence electrons. The van der Waals surface area contributed by atoms with Gasteiger partial charge in [0.2, 0.25) is 5.89 Å². The quantitative estimate of drug-likeness (QED) is 0.809. The van der Waals surface area contributed by atoms with Crippen LogP contribution in [0.2, 0.25) is 0 Å². The fourth-order valence-electron chi connectivity index (χ4n) is 7.55. The maximum Gasteiger partial charge on any atom is 0.230 e. The summed E-state index contributed by atoms with van der Waals surface area (Å²) in [6.45, 7) is 6.52. The molecule has 5 nitrogen and oxygen atoms in total. The molecule has 0 amide bonds. The number of hydrogen-bond donors (Lipinski definition) is 1. The van der Waals surface area contributed by atoms with E-state index >= 15 is 0 Å². The Labute approximate surface area is 160 Å². The van der Waals surface area contributed by atoms with E-state index in [2.05, 4.69) is 24.0 Å². The van der Waals surface area contributed by atoms with E-state index in [-0.39, 0.29) is 34.6 Å². The van der Waals surface area contributed by atoms with Crippen molar-refractivity contribution >= 4 is 5.78 Å². The summed E-state index contributed by atoms with van der Waals surface area (Å²) in [7, 11) is 0. The molecule has 0 aliphatic heterocycles. The predicted octanol–water partition coefficient (Wildman–Crippen LogP) is 3.96. The SMILES string of the molecule is Cc1noc(C2CCC3C4CCC5=CC(=O)CC[C@]5(C)C4C(O)CC23C)n1. The third kappa shape index (κ3) is 2.36. The summed E-state index contributed by atoms with van der Waals surface area (Å²) in [6, 6.07) is 0. The van der Waals surface area contributed by atoms with Crippen molar-refractivity contribution in [2.24, 2.45) is 28.6 Å². The fraction of sp³-hybridized carbons (Fsp3) is 0.773. The summed E-state index contributed by atoms with van der Waals surface area (Å²) >= 11 is 0. The van der Waals surface area contributed by atoms with Gasteiger partial charge in [0.25, 0.3) is 0 Å². The van der Waals surface area contributed by atoms with Gasteiger partial charge in [0.05, 0.1) is 6.10 Å². The normalized spacial score (nSPS) is 46.4. The van der Waals surface area contributed by atoms with Crippen LogP contribution in [0.1, 0.15) is 76.4 Å². The number of aliphatic hydroxyl groups excluding tert-OH is 1. The number of aromatic nitrogens is 2. The van der Waals surface area contributed by atoms with E-state index in [0.29, 0.717) is 24.1 Å². The Balaban J connectivity index is 1.51. The van der Waals surface area contributed by atoms with Gasteiger partial charge in [0.1, 0.15) is 0 Å². The summed E-state index contributed by atoms with van der Waals surface area (Å²) in [5.74, 6) is 3.34. The van der Waals surface area contributed by atoms with Gasteiger partial charge >= 0.3 is 0 Å². The lowest BCUT2D eigenvalue weighted by Gasteiger charge is -2.59. The van der Waals surface area contributed by atoms with Gasteiger partial charge in [-0.3, -0.25) is 4.79 Å². The van der Waals surface area contributed by atoms with E-state index in [9.17, 15) is 9.90 Å². The molecular weight excluding hydrogens is 340 g/mol. The van der Waals surface area contributed by atoms with Crippen LogP contribution >= 0.6 is 0 Å².